The second-order valence-electron chi connectivity index (χ2n) is 4.36. The first-order chi connectivity index (χ1) is 10.2. The fourth-order valence-corrected chi connectivity index (χ4v) is 2.45. The molecule has 0 spiro atoms. The van der Waals surface area contributed by atoms with Crippen molar-refractivity contribution in [3.8, 4) is 6.07 Å². The highest BCUT2D eigenvalue weighted by Crippen LogP contribution is 2.31. The quantitative estimate of drug-likeness (QED) is 0.714. The van der Waals surface area contributed by atoms with Gasteiger partial charge in [-0.3, -0.25) is 0 Å². The molecule has 0 atom stereocenters. The van der Waals surface area contributed by atoms with Crippen LogP contribution in [0.5, 0.6) is 0 Å². The smallest absolute Gasteiger partial charge is 0.226 e. The van der Waals surface area contributed by atoms with Crippen LogP contribution in [-0.4, -0.2) is 15.0 Å². The van der Waals surface area contributed by atoms with Crippen molar-refractivity contribution in [2.45, 2.75) is 6.42 Å². The van der Waals surface area contributed by atoms with Gasteiger partial charge in [0.15, 0.2) is 0 Å². The maximum absolute atomic E-state index is 8.76. The molecule has 0 radical (unpaired) electrons. The van der Waals surface area contributed by atoms with E-state index >= 15 is 0 Å². The van der Waals surface area contributed by atoms with Crippen LogP contribution in [0.1, 0.15) is 5.56 Å². The predicted molar refractivity (Wildman–Crippen MR) is 83.0 cm³/mol. The van der Waals surface area contributed by atoms with Gasteiger partial charge in [-0.15, -0.1) is 0 Å². The number of hydrogen-bond donors (Lipinski definition) is 2. The minimum atomic E-state index is 0.122. The molecule has 0 aliphatic rings. The third-order valence-corrected chi connectivity index (χ3v) is 3.40. The van der Waals surface area contributed by atoms with Crippen LogP contribution in [0.4, 0.5) is 11.5 Å². The fourth-order valence-electron chi connectivity index (χ4n) is 2.05. The summed E-state index contributed by atoms with van der Waals surface area (Å²) in [4.78, 5) is 11.2. The molecule has 0 fully saturated rings. The van der Waals surface area contributed by atoms with Crippen LogP contribution in [0.3, 0.4) is 0 Å². The zero-order chi connectivity index (χ0) is 14.8. The Bertz CT molecular complexity index is 850. The van der Waals surface area contributed by atoms with E-state index in [0.717, 1.165) is 11.3 Å². The first-order valence-corrected chi connectivity index (χ1v) is 6.86. The molecule has 3 rings (SSSR count). The second kappa shape index (κ2) is 5.60. The number of aromatic nitrogens is 3. The summed E-state index contributed by atoms with van der Waals surface area (Å²) >= 11 is 12.1. The van der Waals surface area contributed by atoms with Crippen LogP contribution in [0, 0.1) is 11.3 Å². The molecular weight excluding hydrogens is 309 g/mol. The minimum absolute atomic E-state index is 0.122. The van der Waals surface area contributed by atoms with Gasteiger partial charge < -0.3 is 10.3 Å². The zero-order valence-electron chi connectivity index (χ0n) is 10.7. The summed E-state index contributed by atoms with van der Waals surface area (Å²) in [6.07, 6.45) is 1.98. The highest BCUT2D eigenvalue weighted by Gasteiger charge is 2.12. The Morgan fingerprint density at radius 3 is 2.95 bits per heavy atom. The van der Waals surface area contributed by atoms with Crippen molar-refractivity contribution < 1.29 is 0 Å². The van der Waals surface area contributed by atoms with E-state index < -0.39 is 0 Å². The third kappa shape index (κ3) is 2.77. The van der Waals surface area contributed by atoms with Crippen molar-refractivity contribution >= 4 is 45.7 Å². The molecule has 2 heterocycles. The standard InChI is InChI=1S/C14H9Cl2N5/c15-10-7-18-12-11(10)13(21-14(16)20-12)19-9-3-1-2-8(6-9)4-5-17/h1-3,6-7H,4H2,(H2,18,19,20,21). The van der Waals surface area contributed by atoms with E-state index in [-0.39, 0.29) is 5.28 Å². The molecule has 0 saturated heterocycles. The number of H-pyrrole nitrogens is 1. The molecule has 0 unspecified atom stereocenters. The predicted octanol–water partition coefficient (Wildman–Crippen LogP) is 4.07. The summed E-state index contributed by atoms with van der Waals surface area (Å²) in [5.41, 5.74) is 2.28. The molecule has 2 aromatic heterocycles. The number of nitrogens with one attached hydrogen (secondary N) is 2. The Morgan fingerprint density at radius 1 is 1.29 bits per heavy atom. The summed E-state index contributed by atoms with van der Waals surface area (Å²) in [7, 11) is 0. The SMILES string of the molecule is N#CCc1cccc(Nc2nc(Cl)nc3[nH]cc(Cl)c23)c1. The Kier molecular flexibility index (Phi) is 3.65. The Balaban J connectivity index is 2.03. The van der Waals surface area contributed by atoms with Gasteiger partial charge in [0.05, 0.1) is 22.9 Å². The lowest BCUT2D eigenvalue weighted by Crippen LogP contribution is -1.97. The van der Waals surface area contributed by atoms with Crippen LogP contribution in [0.15, 0.2) is 30.5 Å². The van der Waals surface area contributed by atoms with Gasteiger partial charge in [-0.2, -0.15) is 15.2 Å². The van der Waals surface area contributed by atoms with Gasteiger partial charge >= 0.3 is 0 Å². The van der Waals surface area contributed by atoms with E-state index in [2.05, 4.69) is 26.3 Å². The van der Waals surface area contributed by atoms with Gasteiger partial charge in [0.25, 0.3) is 0 Å². The van der Waals surface area contributed by atoms with Crippen LogP contribution in [0.25, 0.3) is 11.0 Å². The molecule has 0 amide bonds. The summed E-state index contributed by atoms with van der Waals surface area (Å²) in [6.45, 7) is 0. The van der Waals surface area contributed by atoms with Crippen LogP contribution in [0.2, 0.25) is 10.3 Å². The molecule has 2 N–H and O–H groups in total. The van der Waals surface area contributed by atoms with E-state index in [4.69, 9.17) is 28.5 Å². The molecule has 0 bridgehead atoms. The molecule has 7 heteroatoms. The highest BCUT2D eigenvalue weighted by atomic mass is 35.5. The lowest BCUT2D eigenvalue weighted by molar-refractivity contribution is 1.20. The Labute approximate surface area is 130 Å². The monoisotopic (exact) mass is 317 g/mol. The maximum Gasteiger partial charge on any atom is 0.226 e. The summed E-state index contributed by atoms with van der Waals surface area (Å²) in [6, 6.07) is 9.63. The average molecular weight is 318 g/mol. The lowest BCUT2D eigenvalue weighted by Gasteiger charge is -2.08. The van der Waals surface area contributed by atoms with Crippen molar-refractivity contribution in [3.05, 3.63) is 46.3 Å². The maximum atomic E-state index is 8.76. The minimum Gasteiger partial charge on any atom is -0.344 e. The summed E-state index contributed by atoms with van der Waals surface area (Å²) < 4.78 is 0. The number of fused-ring (bicyclic) bond motifs is 1. The molecule has 0 aliphatic carbocycles. The van der Waals surface area contributed by atoms with Gasteiger partial charge in [-0.1, -0.05) is 23.7 Å². The van der Waals surface area contributed by atoms with E-state index in [9.17, 15) is 0 Å². The van der Waals surface area contributed by atoms with E-state index in [1.165, 1.54) is 0 Å². The summed E-state index contributed by atoms with van der Waals surface area (Å²) in [5.74, 6) is 0.519. The van der Waals surface area contributed by atoms with Crippen LogP contribution in [-0.2, 0) is 6.42 Å². The van der Waals surface area contributed by atoms with Crippen molar-refractivity contribution in [1.82, 2.24) is 15.0 Å². The molecule has 21 heavy (non-hydrogen) atoms. The van der Waals surface area contributed by atoms with Crippen molar-refractivity contribution in [3.63, 3.8) is 0 Å². The molecular formula is C14H9Cl2N5. The van der Waals surface area contributed by atoms with Crippen LogP contribution < -0.4 is 5.32 Å². The van der Waals surface area contributed by atoms with E-state index in [1.807, 2.05) is 24.3 Å². The van der Waals surface area contributed by atoms with Gasteiger partial charge in [0, 0.05) is 11.9 Å². The fraction of sp³-hybridized carbons (Fsp3) is 0.0714. The zero-order valence-corrected chi connectivity index (χ0v) is 12.2. The van der Waals surface area contributed by atoms with Gasteiger partial charge in [0.1, 0.15) is 11.5 Å². The van der Waals surface area contributed by atoms with E-state index in [0.29, 0.717) is 28.3 Å². The molecule has 1 aromatic carbocycles. The van der Waals surface area contributed by atoms with Gasteiger partial charge in [-0.05, 0) is 29.3 Å². The first kappa shape index (κ1) is 13.7. The van der Waals surface area contributed by atoms with Gasteiger partial charge in [-0.25, -0.2) is 0 Å². The number of aromatic amines is 1. The number of anilines is 2. The second-order valence-corrected chi connectivity index (χ2v) is 5.11. The number of nitriles is 1. The molecule has 5 nitrogen and oxygen atoms in total. The van der Waals surface area contributed by atoms with Crippen LogP contribution >= 0.6 is 23.2 Å². The Hall–Kier alpha value is -2.29. The molecule has 104 valence electrons. The average Bonchev–Trinajstić information content (AvgIpc) is 2.81. The van der Waals surface area contributed by atoms with Crippen molar-refractivity contribution in [2.24, 2.45) is 0 Å². The molecule has 3 aromatic rings. The van der Waals surface area contributed by atoms with E-state index in [1.54, 1.807) is 6.20 Å². The number of benzene rings is 1. The lowest BCUT2D eigenvalue weighted by atomic mass is 10.1. The first-order valence-electron chi connectivity index (χ1n) is 6.10. The molecule has 0 saturated carbocycles. The van der Waals surface area contributed by atoms with Gasteiger partial charge in [0.2, 0.25) is 5.28 Å². The normalized spacial score (nSPS) is 10.5. The summed E-state index contributed by atoms with van der Waals surface area (Å²) in [5, 5.41) is 13.2. The topological polar surface area (TPSA) is 77.4 Å². The highest BCUT2D eigenvalue weighted by molar-refractivity contribution is 6.36. The molecule has 0 aliphatic heterocycles. The Morgan fingerprint density at radius 2 is 2.14 bits per heavy atom. The number of rotatable bonds is 3. The number of halogens is 2. The van der Waals surface area contributed by atoms with Crippen molar-refractivity contribution in [2.75, 3.05) is 5.32 Å². The largest absolute Gasteiger partial charge is 0.344 e. The third-order valence-electron chi connectivity index (χ3n) is 2.93. The number of nitrogens with zero attached hydrogens (tertiary/aromatic N) is 3. The van der Waals surface area contributed by atoms with Crippen molar-refractivity contribution in [1.29, 1.82) is 5.26 Å². The number of hydrogen-bond acceptors (Lipinski definition) is 4.